The van der Waals surface area contributed by atoms with Gasteiger partial charge in [0, 0.05) is 33.8 Å². The molecule has 0 bridgehead atoms. The third-order valence-corrected chi connectivity index (χ3v) is 4.46. The molecule has 2 heterocycles. The molecule has 0 amide bonds. The second kappa shape index (κ2) is 5.87. The van der Waals surface area contributed by atoms with Crippen molar-refractivity contribution in [2.75, 3.05) is 0 Å². The molecular weight excluding hydrogens is 343 g/mol. The van der Waals surface area contributed by atoms with Gasteiger partial charge in [-0.3, -0.25) is 23.1 Å². The monoisotopic (exact) mass is 360 g/mol. The summed E-state index contributed by atoms with van der Waals surface area (Å²) < 4.78 is 17.6. The van der Waals surface area contributed by atoms with Crippen LogP contribution in [0.3, 0.4) is 0 Å². The van der Waals surface area contributed by atoms with E-state index in [9.17, 15) is 23.9 Å². The van der Waals surface area contributed by atoms with Gasteiger partial charge in [-0.05, 0) is 24.3 Å². The standard InChI is InChI=1S/C17H17FN4O4/c1-19-12(9-5-7-10(18)8-6-9)13(20(2)16(19)25)11-14(23)21(3)17(26)22(4)15(11)24/h5-8,23H,1-4H3. The van der Waals surface area contributed by atoms with Crippen molar-refractivity contribution in [2.45, 2.75) is 0 Å². The molecule has 0 saturated heterocycles. The third kappa shape index (κ3) is 2.32. The molecule has 0 aliphatic heterocycles. The van der Waals surface area contributed by atoms with Gasteiger partial charge in [0.05, 0.1) is 11.4 Å². The topological polar surface area (TPSA) is 91.2 Å². The summed E-state index contributed by atoms with van der Waals surface area (Å²) >= 11 is 0. The molecule has 3 aromatic rings. The molecule has 0 fully saturated rings. The molecule has 2 aromatic heterocycles. The molecule has 9 heteroatoms. The Kier molecular flexibility index (Phi) is 3.94. The Morgan fingerprint density at radius 1 is 0.769 bits per heavy atom. The van der Waals surface area contributed by atoms with E-state index < -0.39 is 28.6 Å². The summed E-state index contributed by atoms with van der Waals surface area (Å²) in [6, 6.07) is 5.40. The van der Waals surface area contributed by atoms with E-state index in [0.717, 1.165) is 9.13 Å². The highest BCUT2D eigenvalue weighted by Gasteiger charge is 2.26. The van der Waals surface area contributed by atoms with Gasteiger partial charge in [0.1, 0.15) is 11.4 Å². The first-order chi connectivity index (χ1) is 12.2. The Balaban J connectivity index is 2.51. The van der Waals surface area contributed by atoms with Crippen LogP contribution in [0.2, 0.25) is 0 Å². The van der Waals surface area contributed by atoms with E-state index >= 15 is 0 Å². The van der Waals surface area contributed by atoms with Crippen molar-refractivity contribution in [1.82, 2.24) is 18.3 Å². The number of hydrogen-bond acceptors (Lipinski definition) is 4. The minimum absolute atomic E-state index is 0.137. The van der Waals surface area contributed by atoms with Crippen LogP contribution in [-0.2, 0) is 28.2 Å². The SMILES string of the molecule is Cn1c(-c2ccc(F)cc2)c(-c2c(O)n(C)c(=O)n(C)c2=O)n(C)c1=O. The van der Waals surface area contributed by atoms with Gasteiger partial charge < -0.3 is 5.11 Å². The Morgan fingerprint density at radius 2 is 1.27 bits per heavy atom. The minimum atomic E-state index is -0.741. The summed E-state index contributed by atoms with van der Waals surface area (Å²) in [6.07, 6.45) is 0. The molecule has 0 spiro atoms. The Hall–Kier alpha value is -3.36. The van der Waals surface area contributed by atoms with Crippen molar-refractivity contribution in [3.63, 3.8) is 0 Å². The highest BCUT2D eigenvalue weighted by atomic mass is 19.1. The zero-order valence-corrected chi connectivity index (χ0v) is 14.6. The lowest BCUT2D eigenvalue weighted by Gasteiger charge is -2.13. The van der Waals surface area contributed by atoms with Crippen molar-refractivity contribution in [3.8, 4) is 28.4 Å². The van der Waals surface area contributed by atoms with E-state index in [-0.39, 0.29) is 11.3 Å². The first kappa shape index (κ1) is 17.5. The number of benzene rings is 1. The maximum Gasteiger partial charge on any atom is 0.333 e. The van der Waals surface area contributed by atoms with Crippen molar-refractivity contribution < 1.29 is 9.50 Å². The fourth-order valence-corrected chi connectivity index (χ4v) is 3.00. The number of aromatic hydroxyl groups is 1. The van der Waals surface area contributed by atoms with Crippen molar-refractivity contribution >= 4 is 0 Å². The smallest absolute Gasteiger partial charge is 0.333 e. The van der Waals surface area contributed by atoms with Gasteiger partial charge in [-0.2, -0.15) is 0 Å². The zero-order valence-electron chi connectivity index (χ0n) is 14.6. The summed E-state index contributed by atoms with van der Waals surface area (Å²) in [6.45, 7) is 0. The fourth-order valence-electron chi connectivity index (χ4n) is 3.00. The fraction of sp³-hybridized carbons (Fsp3) is 0.235. The second-order valence-corrected chi connectivity index (χ2v) is 6.01. The first-order valence-electron chi connectivity index (χ1n) is 7.67. The molecule has 0 aliphatic carbocycles. The van der Waals surface area contributed by atoms with E-state index in [2.05, 4.69) is 0 Å². The van der Waals surface area contributed by atoms with Crippen LogP contribution in [0.5, 0.6) is 5.88 Å². The van der Waals surface area contributed by atoms with Crippen molar-refractivity contribution in [3.05, 3.63) is 61.4 Å². The van der Waals surface area contributed by atoms with Crippen LogP contribution in [-0.4, -0.2) is 23.4 Å². The summed E-state index contributed by atoms with van der Waals surface area (Å²) in [5.74, 6) is -1.00. The lowest BCUT2D eigenvalue weighted by Crippen LogP contribution is -2.38. The first-order valence-corrected chi connectivity index (χ1v) is 7.67. The van der Waals surface area contributed by atoms with Gasteiger partial charge in [0.15, 0.2) is 0 Å². The molecule has 136 valence electrons. The van der Waals surface area contributed by atoms with Crippen LogP contribution >= 0.6 is 0 Å². The van der Waals surface area contributed by atoms with E-state index in [1.807, 2.05) is 0 Å². The molecule has 3 rings (SSSR count). The Labute approximate surface area is 146 Å². The number of imidazole rings is 1. The van der Waals surface area contributed by atoms with Crippen molar-refractivity contribution in [1.29, 1.82) is 0 Å². The molecule has 26 heavy (non-hydrogen) atoms. The van der Waals surface area contributed by atoms with E-state index in [4.69, 9.17) is 0 Å². The largest absolute Gasteiger partial charge is 0.494 e. The molecular formula is C17H17FN4O4. The minimum Gasteiger partial charge on any atom is -0.494 e. The van der Waals surface area contributed by atoms with Gasteiger partial charge in [-0.25, -0.2) is 14.0 Å². The lowest BCUT2D eigenvalue weighted by atomic mass is 10.1. The van der Waals surface area contributed by atoms with E-state index in [1.54, 1.807) is 0 Å². The van der Waals surface area contributed by atoms with Crippen LogP contribution < -0.4 is 16.9 Å². The van der Waals surface area contributed by atoms with Crippen LogP contribution in [0.25, 0.3) is 22.5 Å². The average Bonchev–Trinajstić information content (AvgIpc) is 2.84. The summed E-state index contributed by atoms with van der Waals surface area (Å²) in [5, 5.41) is 10.4. The van der Waals surface area contributed by atoms with Gasteiger partial charge >= 0.3 is 11.4 Å². The number of nitrogens with zero attached hydrogens (tertiary/aromatic N) is 4. The quantitative estimate of drug-likeness (QED) is 0.712. The van der Waals surface area contributed by atoms with Crippen LogP contribution in [0, 0.1) is 5.82 Å². The summed E-state index contributed by atoms with van der Waals surface area (Å²) in [4.78, 5) is 37.1. The van der Waals surface area contributed by atoms with Crippen LogP contribution in [0.4, 0.5) is 4.39 Å². The van der Waals surface area contributed by atoms with Gasteiger partial charge in [0.2, 0.25) is 5.88 Å². The zero-order chi connectivity index (χ0) is 19.3. The second-order valence-electron chi connectivity index (χ2n) is 6.01. The highest BCUT2D eigenvalue weighted by molar-refractivity contribution is 5.80. The predicted octanol–water partition coefficient (Wildman–Crippen LogP) is 0.300. The summed E-state index contributed by atoms with van der Waals surface area (Å²) in [7, 11) is 5.56. The van der Waals surface area contributed by atoms with Crippen LogP contribution in [0.1, 0.15) is 0 Å². The maximum absolute atomic E-state index is 13.3. The maximum atomic E-state index is 13.3. The normalized spacial score (nSPS) is 11.1. The van der Waals surface area contributed by atoms with E-state index in [1.165, 1.54) is 61.6 Å². The molecule has 0 unspecified atom stereocenters. The van der Waals surface area contributed by atoms with Gasteiger partial charge in [-0.15, -0.1) is 0 Å². The Bertz CT molecular complexity index is 1200. The molecule has 8 nitrogen and oxygen atoms in total. The molecule has 1 N–H and O–H groups in total. The number of hydrogen-bond donors (Lipinski definition) is 1. The highest BCUT2D eigenvalue weighted by Crippen LogP contribution is 2.32. The molecule has 1 aromatic carbocycles. The summed E-state index contributed by atoms with van der Waals surface area (Å²) in [5.41, 5.74) is -1.11. The van der Waals surface area contributed by atoms with E-state index in [0.29, 0.717) is 11.3 Å². The van der Waals surface area contributed by atoms with Gasteiger partial charge in [-0.1, -0.05) is 0 Å². The average molecular weight is 360 g/mol. The molecule has 0 saturated carbocycles. The number of aromatic nitrogens is 4. The Morgan fingerprint density at radius 3 is 1.85 bits per heavy atom. The molecule has 0 aliphatic rings. The predicted molar refractivity (Wildman–Crippen MR) is 93.6 cm³/mol. The lowest BCUT2D eigenvalue weighted by molar-refractivity contribution is 0.414. The number of rotatable bonds is 2. The van der Waals surface area contributed by atoms with Crippen LogP contribution in [0.15, 0.2) is 38.6 Å². The number of halogens is 1. The van der Waals surface area contributed by atoms with Crippen molar-refractivity contribution in [2.24, 2.45) is 28.2 Å². The molecule has 0 atom stereocenters. The molecule has 0 radical (unpaired) electrons. The third-order valence-electron chi connectivity index (χ3n) is 4.46. The van der Waals surface area contributed by atoms with Gasteiger partial charge in [0.25, 0.3) is 5.56 Å².